The van der Waals surface area contributed by atoms with Crippen molar-refractivity contribution in [1.29, 1.82) is 0 Å². The van der Waals surface area contributed by atoms with Gasteiger partial charge in [0.1, 0.15) is 12.1 Å². The van der Waals surface area contributed by atoms with Crippen molar-refractivity contribution in [1.82, 2.24) is 10.6 Å². The molecule has 2 atom stereocenters. The molecule has 1 unspecified atom stereocenters. The lowest BCUT2D eigenvalue weighted by atomic mass is 10.0. The van der Waals surface area contributed by atoms with Gasteiger partial charge in [-0.25, -0.2) is 0 Å². The largest absolute Gasteiger partial charge is 0.385 e. The SMILES string of the molecule is CC(=O)C(O)CCCCNC(=O)[C@H](Cc1ccc2ccccc2c1)NC(=O)c1cccc(CN)c1.Cl. The van der Waals surface area contributed by atoms with Crippen LogP contribution in [0.2, 0.25) is 0 Å². The number of benzene rings is 3. The summed E-state index contributed by atoms with van der Waals surface area (Å²) < 4.78 is 0. The van der Waals surface area contributed by atoms with Crippen molar-refractivity contribution in [3.05, 3.63) is 83.4 Å². The molecule has 0 radical (unpaired) electrons. The Balaban J connectivity index is 0.00000456. The van der Waals surface area contributed by atoms with Gasteiger partial charge in [-0.05, 0) is 60.2 Å². The van der Waals surface area contributed by atoms with Crippen LogP contribution in [0.15, 0.2) is 66.7 Å². The van der Waals surface area contributed by atoms with Gasteiger partial charge in [-0.3, -0.25) is 14.4 Å². The summed E-state index contributed by atoms with van der Waals surface area (Å²) in [5, 5.41) is 17.5. The fourth-order valence-electron chi connectivity index (χ4n) is 3.89. The first kappa shape index (κ1) is 29.0. The van der Waals surface area contributed by atoms with E-state index in [1.54, 1.807) is 18.2 Å². The second-order valence-corrected chi connectivity index (χ2v) is 8.73. The molecule has 8 heteroatoms. The van der Waals surface area contributed by atoms with Crippen LogP contribution >= 0.6 is 12.4 Å². The van der Waals surface area contributed by atoms with Crippen LogP contribution in [0.25, 0.3) is 10.8 Å². The number of nitrogens with one attached hydrogen (secondary N) is 2. The fraction of sp³-hybridized carbons (Fsp3) is 0.321. The molecule has 0 saturated carbocycles. The van der Waals surface area contributed by atoms with Crippen LogP contribution in [0.1, 0.15) is 47.7 Å². The summed E-state index contributed by atoms with van der Waals surface area (Å²) >= 11 is 0. The average molecular weight is 512 g/mol. The van der Waals surface area contributed by atoms with Gasteiger partial charge in [-0.15, -0.1) is 12.4 Å². The number of carbonyl (C=O) groups is 3. The molecule has 0 aliphatic heterocycles. The van der Waals surface area contributed by atoms with Crippen molar-refractivity contribution in [3.63, 3.8) is 0 Å². The maximum atomic E-state index is 13.1. The Labute approximate surface area is 217 Å². The van der Waals surface area contributed by atoms with Gasteiger partial charge >= 0.3 is 0 Å². The van der Waals surface area contributed by atoms with Gasteiger partial charge in [0.15, 0.2) is 5.78 Å². The predicted molar refractivity (Wildman–Crippen MR) is 144 cm³/mol. The molecule has 3 aromatic carbocycles. The van der Waals surface area contributed by atoms with Crippen molar-refractivity contribution < 1.29 is 19.5 Å². The minimum Gasteiger partial charge on any atom is -0.385 e. The second kappa shape index (κ2) is 14.3. The highest BCUT2D eigenvalue weighted by Crippen LogP contribution is 2.17. The van der Waals surface area contributed by atoms with Crippen LogP contribution in [0, 0.1) is 0 Å². The van der Waals surface area contributed by atoms with E-state index >= 15 is 0 Å². The summed E-state index contributed by atoms with van der Waals surface area (Å²) in [5.41, 5.74) is 7.92. The first-order chi connectivity index (χ1) is 16.9. The minimum atomic E-state index is -0.963. The Kier molecular flexibility index (Phi) is 11.5. The smallest absolute Gasteiger partial charge is 0.251 e. The van der Waals surface area contributed by atoms with Gasteiger partial charge in [0, 0.05) is 25.1 Å². The predicted octanol–water partition coefficient (Wildman–Crippen LogP) is 3.30. The number of ketones is 1. The zero-order chi connectivity index (χ0) is 25.2. The van der Waals surface area contributed by atoms with E-state index in [2.05, 4.69) is 10.6 Å². The Morgan fingerprint density at radius 1 is 0.917 bits per heavy atom. The highest BCUT2D eigenvalue weighted by Gasteiger charge is 2.22. The molecule has 7 nitrogen and oxygen atoms in total. The van der Waals surface area contributed by atoms with E-state index in [0.29, 0.717) is 44.3 Å². The van der Waals surface area contributed by atoms with Crippen molar-refractivity contribution >= 4 is 40.8 Å². The molecule has 0 bridgehead atoms. The van der Waals surface area contributed by atoms with Gasteiger partial charge in [0.25, 0.3) is 5.91 Å². The molecule has 5 N–H and O–H groups in total. The lowest BCUT2D eigenvalue weighted by Crippen LogP contribution is -2.48. The van der Waals surface area contributed by atoms with Gasteiger partial charge in [0.05, 0.1) is 0 Å². The van der Waals surface area contributed by atoms with Crippen molar-refractivity contribution in [2.45, 2.75) is 51.3 Å². The highest BCUT2D eigenvalue weighted by molar-refractivity contribution is 5.97. The number of aliphatic hydroxyl groups excluding tert-OH is 1. The number of fused-ring (bicyclic) bond motifs is 1. The summed E-state index contributed by atoms with van der Waals surface area (Å²) in [5.74, 6) is -0.884. The van der Waals surface area contributed by atoms with Gasteiger partial charge < -0.3 is 21.5 Å². The summed E-state index contributed by atoms with van der Waals surface area (Å²) in [4.78, 5) is 37.2. The number of rotatable bonds is 12. The zero-order valence-corrected chi connectivity index (χ0v) is 21.2. The molecular formula is C28H34ClN3O4. The zero-order valence-electron chi connectivity index (χ0n) is 20.4. The van der Waals surface area contributed by atoms with Crippen molar-refractivity contribution in [2.75, 3.05) is 6.54 Å². The number of hydrogen-bond donors (Lipinski definition) is 4. The van der Waals surface area contributed by atoms with Crippen molar-refractivity contribution in [2.24, 2.45) is 5.73 Å². The van der Waals surface area contributed by atoms with Crippen molar-refractivity contribution in [3.8, 4) is 0 Å². The molecule has 0 aromatic heterocycles. The minimum absolute atomic E-state index is 0. The lowest BCUT2D eigenvalue weighted by molar-refractivity contribution is -0.125. The Morgan fingerprint density at radius 3 is 2.39 bits per heavy atom. The lowest BCUT2D eigenvalue weighted by Gasteiger charge is -2.19. The van der Waals surface area contributed by atoms with E-state index in [1.165, 1.54) is 6.92 Å². The molecule has 3 rings (SSSR count). The first-order valence-electron chi connectivity index (χ1n) is 11.9. The fourth-order valence-corrected chi connectivity index (χ4v) is 3.89. The number of unbranched alkanes of at least 4 members (excludes halogenated alkanes) is 1. The Morgan fingerprint density at radius 2 is 1.67 bits per heavy atom. The van der Waals surface area contributed by atoms with E-state index < -0.39 is 12.1 Å². The van der Waals surface area contributed by atoms with Crippen LogP contribution in [0.4, 0.5) is 0 Å². The van der Waals surface area contributed by atoms with E-state index in [0.717, 1.165) is 21.9 Å². The topological polar surface area (TPSA) is 122 Å². The number of halogens is 1. The summed E-state index contributed by atoms with van der Waals surface area (Å²) in [6.07, 6.45) is 0.955. The second-order valence-electron chi connectivity index (χ2n) is 8.73. The summed E-state index contributed by atoms with van der Waals surface area (Å²) in [6.45, 7) is 2.06. The molecule has 192 valence electrons. The van der Waals surface area contributed by atoms with Gasteiger partial charge in [-0.1, -0.05) is 54.6 Å². The highest BCUT2D eigenvalue weighted by atomic mass is 35.5. The molecule has 2 amide bonds. The van der Waals surface area contributed by atoms with Crippen LogP contribution < -0.4 is 16.4 Å². The molecule has 0 fully saturated rings. The van der Waals surface area contributed by atoms with Crippen LogP contribution in [0.5, 0.6) is 0 Å². The third kappa shape index (κ3) is 8.45. The van der Waals surface area contributed by atoms with E-state index in [4.69, 9.17) is 5.73 Å². The number of amides is 2. The third-order valence-corrected chi connectivity index (χ3v) is 5.97. The van der Waals surface area contributed by atoms with E-state index in [9.17, 15) is 19.5 Å². The number of nitrogens with two attached hydrogens (primary N) is 1. The Hall–Kier alpha value is -3.26. The molecular weight excluding hydrogens is 478 g/mol. The molecule has 36 heavy (non-hydrogen) atoms. The molecule has 0 saturated heterocycles. The van der Waals surface area contributed by atoms with Gasteiger partial charge in [-0.2, -0.15) is 0 Å². The number of carbonyl (C=O) groups excluding carboxylic acids is 3. The van der Waals surface area contributed by atoms with Gasteiger partial charge in [0.2, 0.25) is 5.91 Å². The maximum Gasteiger partial charge on any atom is 0.251 e. The molecule has 0 aliphatic carbocycles. The van der Waals surface area contributed by atoms with Crippen LogP contribution in [-0.4, -0.2) is 41.4 Å². The molecule has 0 heterocycles. The monoisotopic (exact) mass is 511 g/mol. The summed E-state index contributed by atoms with van der Waals surface area (Å²) in [6, 6.07) is 20.2. The van der Waals surface area contributed by atoms with Crippen LogP contribution in [0.3, 0.4) is 0 Å². The maximum absolute atomic E-state index is 13.1. The van der Waals surface area contributed by atoms with Crippen LogP contribution in [-0.2, 0) is 22.6 Å². The third-order valence-electron chi connectivity index (χ3n) is 5.97. The number of Topliss-reactive ketones (excluding diaryl/α,β-unsaturated/α-hetero) is 1. The first-order valence-corrected chi connectivity index (χ1v) is 11.9. The van der Waals surface area contributed by atoms with E-state index in [1.807, 2.05) is 48.5 Å². The number of hydrogen-bond acceptors (Lipinski definition) is 5. The quantitative estimate of drug-likeness (QED) is 0.278. The standard InChI is InChI=1S/C28H33N3O4.ClH/c1-19(32)26(33)11-4-5-14-30-28(35)25(31-27(34)24-10-6-7-21(16-24)18-29)17-20-12-13-22-8-2-3-9-23(22)15-20;/h2-3,6-10,12-13,15-16,25-26,33H,4-5,11,14,17-18,29H2,1H3,(H,30,35)(H,31,34);1H/t25-,26?;/m0./s1. The summed E-state index contributed by atoms with van der Waals surface area (Å²) in [7, 11) is 0. The molecule has 3 aromatic rings. The van der Waals surface area contributed by atoms with E-state index in [-0.39, 0.29) is 30.0 Å². The molecule has 0 spiro atoms. The Bertz CT molecular complexity index is 1180. The number of aliphatic hydroxyl groups is 1. The normalized spacial score (nSPS) is 12.3. The molecule has 0 aliphatic rings. The average Bonchev–Trinajstić information content (AvgIpc) is 2.87.